The molecule has 1 unspecified atom stereocenters. The van der Waals surface area contributed by atoms with Gasteiger partial charge in [-0.3, -0.25) is 9.59 Å². The molecule has 110 valence electrons. The lowest BCUT2D eigenvalue weighted by Gasteiger charge is -2.37. The summed E-state index contributed by atoms with van der Waals surface area (Å²) in [7, 11) is 0. The van der Waals surface area contributed by atoms with E-state index in [-0.39, 0.29) is 24.3 Å². The van der Waals surface area contributed by atoms with Crippen LogP contribution in [-0.4, -0.2) is 45.9 Å². The number of carbonyl (C=O) groups is 3. The minimum atomic E-state index is -1.31. The molecule has 0 saturated carbocycles. The molecule has 0 saturated heterocycles. The number of carboxylic acid groups (broad SMARTS) is 1. The lowest BCUT2D eigenvalue weighted by atomic mass is 9.97. The summed E-state index contributed by atoms with van der Waals surface area (Å²) in [6.45, 7) is 9.87. The first-order chi connectivity index (χ1) is 8.55. The largest absolute Gasteiger partial charge is 0.480 e. The van der Waals surface area contributed by atoms with Gasteiger partial charge in [-0.05, 0) is 26.7 Å². The van der Waals surface area contributed by atoms with Gasteiger partial charge in [0.1, 0.15) is 11.6 Å². The zero-order chi connectivity index (χ0) is 15.4. The third kappa shape index (κ3) is 4.22. The van der Waals surface area contributed by atoms with Gasteiger partial charge in [0.25, 0.3) is 0 Å². The predicted molar refractivity (Wildman–Crippen MR) is 71.5 cm³/mol. The van der Waals surface area contributed by atoms with Crippen LogP contribution < -0.4 is 5.32 Å². The standard InChI is InChI=1S/C13H24N2O4/c1-7-15(13(5,6)12(18)19)11(17)10(8(2)3)14-9(4)16/h8,10H,7H2,1-6H3,(H,14,16)(H,18,19). The van der Waals surface area contributed by atoms with E-state index in [0.29, 0.717) is 0 Å². The van der Waals surface area contributed by atoms with Crippen LogP contribution in [0.25, 0.3) is 0 Å². The molecule has 19 heavy (non-hydrogen) atoms. The summed E-state index contributed by atoms with van der Waals surface area (Å²) < 4.78 is 0. The Morgan fingerprint density at radius 3 is 2.00 bits per heavy atom. The third-order valence-electron chi connectivity index (χ3n) is 3.07. The Morgan fingerprint density at radius 2 is 1.74 bits per heavy atom. The first kappa shape index (κ1) is 17.4. The number of aliphatic carboxylic acids is 1. The van der Waals surface area contributed by atoms with E-state index in [9.17, 15) is 19.5 Å². The first-order valence-electron chi connectivity index (χ1n) is 6.37. The number of hydrogen-bond acceptors (Lipinski definition) is 3. The quantitative estimate of drug-likeness (QED) is 0.750. The minimum absolute atomic E-state index is 0.116. The second kappa shape index (κ2) is 6.54. The van der Waals surface area contributed by atoms with Crippen molar-refractivity contribution in [3.05, 3.63) is 0 Å². The normalized spacial score (nSPS) is 13.0. The van der Waals surface area contributed by atoms with Crippen LogP contribution in [0.15, 0.2) is 0 Å². The SMILES string of the molecule is CCN(C(=O)C(NC(C)=O)C(C)C)C(C)(C)C(=O)O. The molecular weight excluding hydrogens is 248 g/mol. The number of hydrogen-bond donors (Lipinski definition) is 2. The highest BCUT2D eigenvalue weighted by Crippen LogP contribution is 2.18. The lowest BCUT2D eigenvalue weighted by Crippen LogP contribution is -2.59. The average Bonchev–Trinajstić information content (AvgIpc) is 2.25. The molecule has 0 aromatic carbocycles. The second-order valence-corrected chi connectivity index (χ2v) is 5.37. The number of carboxylic acids is 1. The van der Waals surface area contributed by atoms with Gasteiger partial charge in [0, 0.05) is 13.5 Å². The van der Waals surface area contributed by atoms with Gasteiger partial charge in [0.15, 0.2) is 0 Å². The monoisotopic (exact) mass is 272 g/mol. The van der Waals surface area contributed by atoms with Crippen LogP contribution in [0.3, 0.4) is 0 Å². The maximum atomic E-state index is 12.5. The predicted octanol–water partition coefficient (Wildman–Crippen LogP) is 0.859. The number of nitrogens with one attached hydrogen (secondary N) is 1. The van der Waals surface area contributed by atoms with E-state index in [0.717, 1.165) is 0 Å². The van der Waals surface area contributed by atoms with E-state index in [1.807, 2.05) is 0 Å². The van der Waals surface area contributed by atoms with E-state index in [1.165, 1.54) is 25.7 Å². The fraction of sp³-hybridized carbons (Fsp3) is 0.769. The second-order valence-electron chi connectivity index (χ2n) is 5.37. The highest BCUT2D eigenvalue weighted by atomic mass is 16.4. The van der Waals surface area contributed by atoms with Crippen molar-refractivity contribution < 1.29 is 19.5 Å². The third-order valence-corrected chi connectivity index (χ3v) is 3.07. The van der Waals surface area contributed by atoms with Gasteiger partial charge in [0.05, 0.1) is 0 Å². The molecule has 1 atom stereocenters. The van der Waals surface area contributed by atoms with Crippen molar-refractivity contribution >= 4 is 17.8 Å². The zero-order valence-electron chi connectivity index (χ0n) is 12.5. The molecule has 6 heteroatoms. The average molecular weight is 272 g/mol. The number of nitrogens with zero attached hydrogens (tertiary/aromatic N) is 1. The van der Waals surface area contributed by atoms with E-state index in [2.05, 4.69) is 5.32 Å². The van der Waals surface area contributed by atoms with Crippen LogP contribution in [0, 0.1) is 5.92 Å². The molecule has 2 amide bonds. The van der Waals surface area contributed by atoms with Crippen LogP contribution in [0.2, 0.25) is 0 Å². The highest BCUT2D eigenvalue weighted by Gasteiger charge is 2.40. The molecule has 0 bridgehead atoms. The molecule has 0 spiro atoms. The molecule has 2 N–H and O–H groups in total. The Balaban J connectivity index is 5.30. The van der Waals surface area contributed by atoms with Crippen LogP contribution >= 0.6 is 0 Å². The van der Waals surface area contributed by atoms with E-state index < -0.39 is 17.6 Å². The number of likely N-dealkylation sites (N-methyl/N-ethyl adjacent to an activating group) is 1. The molecule has 0 rings (SSSR count). The van der Waals surface area contributed by atoms with Crippen molar-refractivity contribution in [2.45, 2.75) is 53.1 Å². The van der Waals surface area contributed by atoms with Gasteiger partial charge in [-0.2, -0.15) is 0 Å². The van der Waals surface area contributed by atoms with Gasteiger partial charge in [-0.1, -0.05) is 13.8 Å². The first-order valence-corrected chi connectivity index (χ1v) is 6.37. The molecule has 0 aliphatic carbocycles. The molecule has 0 aliphatic heterocycles. The summed E-state index contributed by atoms with van der Waals surface area (Å²) in [6, 6.07) is -0.712. The summed E-state index contributed by atoms with van der Waals surface area (Å²) in [4.78, 5) is 36.1. The number of rotatable bonds is 6. The number of amides is 2. The fourth-order valence-corrected chi connectivity index (χ4v) is 1.84. The van der Waals surface area contributed by atoms with Crippen molar-refractivity contribution in [2.24, 2.45) is 5.92 Å². The van der Waals surface area contributed by atoms with E-state index in [1.54, 1.807) is 20.8 Å². The molecule has 0 aromatic heterocycles. The Hall–Kier alpha value is -1.59. The molecule has 0 radical (unpaired) electrons. The van der Waals surface area contributed by atoms with Crippen LogP contribution in [-0.2, 0) is 14.4 Å². The van der Waals surface area contributed by atoms with Gasteiger partial charge in [-0.25, -0.2) is 4.79 Å². The Labute approximate surface area is 114 Å². The summed E-state index contributed by atoms with van der Waals surface area (Å²) in [6.07, 6.45) is 0. The summed E-state index contributed by atoms with van der Waals surface area (Å²) in [5.74, 6) is -1.88. The van der Waals surface area contributed by atoms with Crippen molar-refractivity contribution in [1.82, 2.24) is 10.2 Å². The lowest BCUT2D eigenvalue weighted by molar-refractivity contribution is -0.158. The molecular formula is C13H24N2O4. The smallest absolute Gasteiger partial charge is 0.329 e. The van der Waals surface area contributed by atoms with Gasteiger partial charge < -0.3 is 15.3 Å². The molecule has 6 nitrogen and oxygen atoms in total. The molecule has 0 aliphatic rings. The highest BCUT2D eigenvalue weighted by molar-refractivity contribution is 5.91. The Kier molecular flexibility index (Phi) is 5.99. The molecule has 0 fully saturated rings. The van der Waals surface area contributed by atoms with Crippen molar-refractivity contribution in [3.8, 4) is 0 Å². The van der Waals surface area contributed by atoms with Crippen LogP contribution in [0.5, 0.6) is 0 Å². The van der Waals surface area contributed by atoms with Crippen molar-refractivity contribution in [2.75, 3.05) is 6.54 Å². The van der Waals surface area contributed by atoms with Crippen molar-refractivity contribution in [3.63, 3.8) is 0 Å². The zero-order valence-corrected chi connectivity index (χ0v) is 12.5. The summed E-state index contributed by atoms with van der Waals surface area (Å²) in [5, 5.41) is 11.8. The topological polar surface area (TPSA) is 86.7 Å². The minimum Gasteiger partial charge on any atom is -0.480 e. The number of carbonyl (C=O) groups excluding carboxylic acids is 2. The Morgan fingerprint density at radius 1 is 1.26 bits per heavy atom. The van der Waals surface area contributed by atoms with E-state index >= 15 is 0 Å². The van der Waals surface area contributed by atoms with Crippen LogP contribution in [0.4, 0.5) is 0 Å². The van der Waals surface area contributed by atoms with Gasteiger partial charge in [0.2, 0.25) is 11.8 Å². The van der Waals surface area contributed by atoms with Crippen LogP contribution in [0.1, 0.15) is 41.5 Å². The van der Waals surface area contributed by atoms with Crippen molar-refractivity contribution in [1.29, 1.82) is 0 Å². The molecule has 0 heterocycles. The summed E-state index contributed by atoms with van der Waals surface area (Å²) >= 11 is 0. The van der Waals surface area contributed by atoms with Gasteiger partial charge >= 0.3 is 5.97 Å². The van der Waals surface area contributed by atoms with E-state index in [4.69, 9.17) is 0 Å². The maximum Gasteiger partial charge on any atom is 0.329 e. The summed E-state index contributed by atoms with van der Waals surface area (Å²) in [5.41, 5.74) is -1.31. The maximum absolute atomic E-state index is 12.5. The molecule has 0 aromatic rings. The van der Waals surface area contributed by atoms with Gasteiger partial charge in [-0.15, -0.1) is 0 Å². The Bertz CT molecular complexity index is 364. The fourth-order valence-electron chi connectivity index (χ4n) is 1.84.